The lowest BCUT2D eigenvalue weighted by Gasteiger charge is -2.10. The summed E-state index contributed by atoms with van der Waals surface area (Å²) in [5.41, 5.74) is 1.76. The fourth-order valence-electron chi connectivity index (χ4n) is 3.49. The van der Waals surface area contributed by atoms with Crippen molar-refractivity contribution in [2.24, 2.45) is 0 Å². The van der Waals surface area contributed by atoms with Crippen LogP contribution in [0.4, 0.5) is 0 Å². The summed E-state index contributed by atoms with van der Waals surface area (Å²) in [6.07, 6.45) is 1.57. The number of para-hydroxylation sites is 1. The Kier molecular flexibility index (Phi) is 5.78. The molecular weight excluding hydrogens is 456 g/mol. The van der Waals surface area contributed by atoms with Gasteiger partial charge in [0.25, 0.3) is 0 Å². The van der Waals surface area contributed by atoms with Gasteiger partial charge in [-0.2, -0.15) is 4.52 Å². The highest BCUT2D eigenvalue weighted by atomic mass is 32.2. The Labute approximate surface area is 195 Å². The first-order valence-electron chi connectivity index (χ1n) is 10.4. The molecule has 11 heteroatoms. The number of ether oxygens (including phenoxy) is 2. The smallest absolute Gasteiger partial charge is 0.242 e. The van der Waals surface area contributed by atoms with Crippen molar-refractivity contribution in [1.82, 2.24) is 29.5 Å². The van der Waals surface area contributed by atoms with E-state index in [1.165, 1.54) is 6.07 Å². The van der Waals surface area contributed by atoms with E-state index in [-0.39, 0.29) is 18.0 Å². The Bertz CT molecular complexity index is 1580. The van der Waals surface area contributed by atoms with Gasteiger partial charge in [0.05, 0.1) is 12.6 Å². The summed E-state index contributed by atoms with van der Waals surface area (Å²) in [5, 5.41) is 13.5. The quantitative estimate of drug-likeness (QED) is 0.340. The molecule has 0 aliphatic heterocycles. The summed E-state index contributed by atoms with van der Waals surface area (Å²) in [6, 6.07) is 19.4. The van der Waals surface area contributed by atoms with Crippen molar-refractivity contribution in [2.75, 3.05) is 20.3 Å². The topological polar surface area (TPSA) is 121 Å². The number of pyridine rings is 1. The van der Waals surface area contributed by atoms with Crippen LogP contribution in [0.1, 0.15) is 0 Å². The van der Waals surface area contributed by atoms with Crippen LogP contribution < -0.4 is 14.2 Å². The van der Waals surface area contributed by atoms with E-state index in [1.54, 1.807) is 42.1 Å². The molecule has 0 spiro atoms. The van der Waals surface area contributed by atoms with E-state index in [2.05, 4.69) is 25.0 Å². The Morgan fingerprint density at radius 1 is 1.00 bits per heavy atom. The van der Waals surface area contributed by atoms with Gasteiger partial charge in [0, 0.05) is 29.8 Å². The first kappa shape index (κ1) is 21.7. The number of nitrogens with one attached hydrogen (secondary N) is 1. The maximum atomic E-state index is 12.8. The van der Waals surface area contributed by atoms with Gasteiger partial charge in [0.15, 0.2) is 11.5 Å². The van der Waals surface area contributed by atoms with Gasteiger partial charge in [-0.15, -0.1) is 15.3 Å². The second kappa shape index (κ2) is 9.04. The number of aromatic nitrogens is 5. The van der Waals surface area contributed by atoms with Crippen molar-refractivity contribution < 1.29 is 17.9 Å². The minimum absolute atomic E-state index is 0.0518. The molecule has 0 fully saturated rings. The average Bonchev–Trinajstić information content (AvgIpc) is 3.29. The Morgan fingerprint density at radius 3 is 2.74 bits per heavy atom. The van der Waals surface area contributed by atoms with Crippen molar-refractivity contribution in [2.45, 2.75) is 4.90 Å². The van der Waals surface area contributed by atoms with Crippen LogP contribution in [0, 0.1) is 0 Å². The zero-order valence-corrected chi connectivity index (χ0v) is 18.9. The molecule has 0 aliphatic carbocycles. The molecule has 5 aromatic rings. The summed E-state index contributed by atoms with van der Waals surface area (Å²) >= 11 is 0. The van der Waals surface area contributed by atoms with Crippen molar-refractivity contribution in [3.63, 3.8) is 0 Å². The highest BCUT2D eigenvalue weighted by Crippen LogP contribution is 2.23. The second-order valence-electron chi connectivity index (χ2n) is 7.27. The lowest BCUT2D eigenvalue weighted by molar-refractivity contribution is 0.306. The summed E-state index contributed by atoms with van der Waals surface area (Å²) in [7, 11) is -2.17. The van der Waals surface area contributed by atoms with Gasteiger partial charge < -0.3 is 9.47 Å². The van der Waals surface area contributed by atoms with Crippen molar-refractivity contribution in [3.8, 4) is 23.0 Å². The van der Waals surface area contributed by atoms with E-state index in [4.69, 9.17) is 9.47 Å². The summed E-state index contributed by atoms with van der Waals surface area (Å²) in [5.74, 6) is 1.53. The normalized spacial score (nSPS) is 11.7. The Hall–Kier alpha value is -4.09. The monoisotopic (exact) mass is 476 g/mol. The second-order valence-corrected chi connectivity index (χ2v) is 9.01. The molecule has 0 atom stereocenters. The van der Waals surface area contributed by atoms with Crippen molar-refractivity contribution in [3.05, 3.63) is 72.9 Å². The maximum absolute atomic E-state index is 12.8. The summed E-state index contributed by atoms with van der Waals surface area (Å²) in [4.78, 5) is 4.33. The van der Waals surface area contributed by atoms with E-state index in [1.807, 2.05) is 36.4 Å². The largest absolute Gasteiger partial charge is 0.497 e. The molecule has 0 saturated heterocycles. The minimum atomic E-state index is -3.77. The zero-order chi connectivity index (χ0) is 23.5. The Balaban J connectivity index is 1.29. The van der Waals surface area contributed by atoms with Gasteiger partial charge >= 0.3 is 0 Å². The number of hydrogen-bond acceptors (Lipinski definition) is 8. The SMILES string of the molecule is COc1cccc(-c2nnc3ccc(OCCNS(=O)(=O)c4cccc5cccnc45)nn23)c1. The molecular formula is C23H20N6O4S. The fraction of sp³-hybridized carbons (Fsp3) is 0.130. The highest BCUT2D eigenvalue weighted by molar-refractivity contribution is 7.89. The third-order valence-electron chi connectivity index (χ3n) is 5.10. The molecule has 3 heterocycles. The van der Waals surface area contributed by atoms with Gasteiger partial charge in [0.1, 0.15) is 17.3 Å². The van der Waals surface area contributed by atoms with E-state index >= 15 is 0 Å². The summed E-state index contributed by atoms with van der Waals surface area (Å²) < 4.78 is 40.7. The molecule has 34 heavy (non-hydrogen) atoms. The summed E-state index contributed by atoms with van der Waals surface area (Å²) in [6.45, 7) is 0.128. The van der Waals surface area contributed by atoms with Crippen LogP contribution in [-0.2, 0) is 10.0 Å². The lowest BCUT2D eigenvalue weighted by Crippen LogP contribution is -2.28. The van der Waals surface area contributed by atoms with Crippen LogP contribution in [0.15, 0.2) is 77.8 Å². The predicted molar refractivity (Wildman–Crippen MR) is 125 cm³/mol. The molecule has 0 unspecified atom stereocenters. The van der Waals surface area contributed by atoms with Crippen LogP contribution in [-0.4, -0.2) is 53.5 Å². The molecule has 0 radical (unpaired) electrons. The first-order chi connectivity index (χ1) is 16.5. The molecule has 0 aliphatic rings. The zero-order valence-electron chi connectivity index (χ0n) is 18.1. The van der Waals surface area contributed by atoms with Crippen LogP contribution in [0.25, 0.3) is 27.9 Å². The van der Waals surface area contributed by atoms with Crippen molar-refractivity contribution in [1.29, 1.82) is 0 Å². The fourth-order valence-corrected chi connectivity index (χ4v) is 4.68. The van der Waals surface area contributed by atoms with Crippen LogP contribution in [0.5, 0.6) is 11.6 Å². The minimum Gasteiger partial charge on any atom is -0.497 e. The van der Waals surface area contributed by atoms with Gasteiger partial charge in [-0.3, -0.25) is 4.98 Å². The van der Waals surface area contributed by atoms with Crippen LogP contribution >= 0.6 is 0 Å². The third-order valence-corrected chi connectivity index (χ3v) is 6.59. The Morgan fingerprint density at radius 2 is 1.85 bits per heavy atom. The number of fused-ring (bicyclic) bond motifs is 2. The number of nitrogens with zero attached hydrogens (tertiary/aromatic N) is 5. The molecule has 172 valence electrons. The molecule has 0 bridgehead atoms. The van der Waals surface area contributed by atoms with Crippen molar-refractivity contribution >= 4 is 26.6 Å². The van der Waals surface area contributed by atoms with E-state index in [9.17, 15) is 8.42 Å². The third kappa shape index (κ3) is 4.26. The van der Waals surface area contributed by atoms with E-state index < -0.39 is 10.0 Å². The molecule has 0 amide bonds. The van der Waals surface area contributed by atoms with Gasteiger partial charge in [-0.05, 0) is 30.3 Å². The molecule has 0 saturated carbocycles. The van der Waals surface area contributed by atoms with E-state index in [0.717, 1.165) is 10.9 Å². The standard InChI is InChI=1S/C23H20N6O4S/c1-32-18-8-2-6-17(15-18)23-27-26-20-10-11-21(28-29(20)23)33-14-13-25-34(30,31)19-9-3-5-16-7-4-12-24-22(16)19/h2-12,15,25H,13-14H2,1H3. The number of methoxy groups -OCH3 is 1. The van der Waals surface area contributed by atoms with Crippen LogP contribution in [0.3, 0.4) is 0 Å². The van der Waals surface area contributed by atoms with Gasteiger partial charge in [-0.1, -0.05) is 30.3 Å². The first-order valence-corrected chi connectivity index (χ1v) is 11.9. The average molecular weight is 477 g/mol. The molecule has 10 nitrogen and oxygen atoms in total. The number of sulfonamides is 1. The number of hydrogen-bond donors (Lipinski definition) is 1. The molecule has 3 aromatic heterocycles. The van der Waals surface area contributed by atoms with Gasteiger partial charge in [0.2, 0.25) is 15.9 Å². The molecule has 1 N–H and O–H groups in total. The number of rotatable bonds is 8. The highest BCUT2D eigenvalue weighted by Gasteiger charge is 2.18. The van der Waals surface area contributed by atoms with E-state index in [0.29, 0.717) is 28.6 Å². The molecule has 2 aromatic carbocycles. The lowest BCUT2D eigenvalue weighted by atomic mass is 10.2. The van der Waals surface area contributed by atoms with Gasteiger partial charge in [-0.25, -0.2) is 13.1 Å². The maximum Gasteiger partial charge on any atom is 0.242 e. The predicted octanol–water partition coefficient (Wildman–Crippen LogP) is 2.71. The molecule has 5 rings (SSSR count). The number of benzene rings is 2. The van der Waals surface area contributed by atoms with Crippen LogP contribution in [0.2, 0.25) is 0 Å².